The molecule has 12 heavy (non-hydrogen) atoms. The molecule has 0 saturated heterocycles. The van der Waals surface area contributed by atoms with Crippen molar-refractivity contribution in [2.24, 2.45) is 0 Å². The van der Waals surface area contributed by atoms with Crippen molar-refractivity contribution < 1.29 is 4.79 Å². The maximum absolute atomic E-state index is 11.1. The summed E-state index contributed by atoms with van der Waals surface area (Å²) in [6, 6.07) is 3.31. The molecule has 0 aliphatic rings. The van der Waals surface area contributed by atoms with Crippen molar-refractivity contribution in [3.63, 3.8) is 0 Å². The fourth-order valence-corrected chi connectivity index (χ4v) is 2.48. The van der Waals surface area contributed by atoms with Crippen molar-refractivity contribution in [2.75, 3.05) is 5.73 Å². The summed E-state index contributed by atoms with van der Waals surface area (Å²) in [7, 11) is 0. The molecule has 1 rings (SSSR count). The number of nitrogens with two attached hydrogens (primary N) is 1. The van der Waals surface area contributed by atoms with Gasteiger partial charge in [0.25, 0.3) is 0 Å². The Labute approximate surface area is 89.2 Å². The highest BCUT2D eigenvalue weighted by atomic mass is 127. The maximum atomic E-state index is 11.1. The van der Waals surface area contributed by atoms with Crippen molar-refractivity contribution in [3.8, 4) is 0 Å². The number of carbonyl (C=O) groups excluding carboxylic acids is 1. The lowest BCUT2D eigenvalue weighted by Crippen LogP contribution is -1.99. The number of anilines is 1. The standard InChI is InChI=1S/C8H7ClINO/c1-4(12)8-6(9)2-5(11)3-7(8)10/h2-3H,11H2,1H3. The van der Waals surface area contributed by atoms with Crippen LogP contribution in [0, 0.1) is 3.57 Å². The van der Waals surface area contributed by atoms with Crippen LogP contribution in [0.1, 0.15) is 17.3 Å². The minimum absolute atomic E-state index is 0.0376. The smallest absolute Gasteiger partial charge is 0.162 e. The molecule has 0 radical (unpaired) electrons. The van der Waals surface area contributed by atoms with Crippen LogP contribution in [0.3, 0.4) is 0 Å². The summed E-state index contributed by atoms with van der Waals surface area (Å²) in [6.45, 7) is 1.49. The number of hydrogen-bond acceptors (Lipinski definition) is 2. The summed E-state index contributed by atoms with van der Waals surface area (Å²) in [5, 5.41) is 0.423. The number of rotatable bonds is 1. The molecule has 0 aromatic heterocycles. The van der Waals surface area contributed by atoms with Gasteiger partial charge in [-0.2, -0.15) is 0 Å². The Morgan fingerprint density at radius 1 is 1.58 bits per heavy atom. The fourth-order valence-electron chi connectivity index (χ4n) is 0.929. The van der Waals surface area contributed by atoms with Crippen LogP contribution in [0.25, 0.3) is 0 Å². The summed E-state index contributed by atoms with van der Waals surface area (Å²) < 4.78 is 0.796. The number of hydrogen-bond donors (Lipinski definition) is 1. The van der Waals surface area contributed by atoms with E-state index in [2.05, 4.69) is 0 Å². The molecule has 0 bridgehead atoms. The third-order valence-corrected chi connectivity index (χ3v) is 2.57. The summed E-state index contributed by atoms with van der Waals surface area (Å²) >= 11 is 7.87. The van der Waals surface area contributed by atoms with Gasteiger partial charge in [0.1, 0.15) is 0 Å². The maximum Gasteiger partial charge on any atom is 0.162 e. The Bertz CT molecular complexity index is 315. The van der Waals surface area contributed by atoms with Crippen LogP contribution in [0.2, 0.25) is 5.02 Å². The topological polar surface area (TPSA) is 43.1 Å². The molecule has 0 heterocycles. The van der Waals surface area contributed by atoms with Gasteiger partial charge in [-0.15, -0.1) is 0 Å². The largest absolute Gasteiger partial charge is 0.399 e. The van der Waals surface area contributed by atoms with Crippen LogP contribution in [-0.4, -0.2) is 5.78 Å². The van der Waals surface area contributed by atoms with Gasteiger partial charge in [0.15, 0.2) is 5.78 Å². The predicted octanol–water partition coefficient (Wildman–Crippen LogP) is 2.73. The number of benzene rings is 1. The van der Waals surface area contributed by atoms with Gasteiger partial charge in [-0.3, -0.25) is 4.79 Å². The first-order valence-electron chi connectivity index (χ1n) is 3.28. The summed E-state index contributed by atoms with van der Waals surface area (Å²) in [6.07, 6.45) is 0. The number of nitrogen functional groups attached to an aromatic ring is 1. The van der Waals surface area contributed by atoms with Gasteiger partial charge in [0.2, 0.25) is 0 Å². The second kappa shape index (κ2) is 3.62. The summed E-state index contributed by atoms with van der Waals surface area (Å²) in [5.41, 5.74) is 6.65. The van der Waals surface area contributed by atoms with Crippen LogP contribution >= 0.6 is 34.2 Å². The molecule has 2 N–H and O–H groups in total. The quantitative estimate of drug-likeness (QED) is 0.492. The first-order valence-corrected chi connectivity index (χ1v) is 4.73. The molecule has 2 nitrogen and oxygen atoms in total. The third kappa shape index (κ3) is 1.90. The molecular formula is C8H7ClINO. The first kappa shape index (κ1) is 9.80. The third-order valence-electron chi connectivity index (χ3n) is 1.42. The number of ketones is 1. The van der Waals surface area contributed by atoms with Crippen molar-refractivity contribution in [1.29, 1.82) is 0 Å². The van der Waals surface area contributed by atoms with E-state index >= 15 is 0 Å². The van der Waals surface area contributed by atoms with E-state index in [-0.39, 0.29) is 5.78 Å². The molecule has 64 valence electrons. The van der Waals surface area contributed by atoms with Crippen LogP contribution in [-0.2, 0) is 0 Å². The van der Waals surface area contributed by atoms with Gasteiger partial charge < -0.3 is 5.73 Å². The fraction of sp³-hybridized carbons (Fsp3) is 0.125. The van der Waals surface area contributed by atoms with Gasteiger partial charge in [-0.25, -0.2) is 0 Å². The van der Waals surface area contributed by atoms with Crippen LogP contribution < -0.4 is 5.73 Å². The van der Waals surface area contributed by atoms with E-state index in [1.807, 2.05) is 22.6 Å². The second-order valence-corrected chi connectivity index (χ2v) is 3.99. The Hall–Kier alpha value is -0.290. The number of Topliss-reactive ketones (excluding diaryl/α,β-unsaturated/α-hetero) is 1. The Balaban J connectivity index is 3.38. The van der Waals surface area contributed by atoms with Gasteiger partial charge in [0.05, 0.1) is 5.02 Å². The molecule has 1 aromatic carbocycles. The van der Waals surface area contributed by atoms with Gasteiger partial charge in [-0.05, 0) is 41.6 Å². The van der Waals surface area contributed by atoms with Crippen molar-refractivity contribution >= 4 is 45.7 Å². The average molecular weight is 296 g/mol. The second-order valence-electron chi connectivity index (χ2n) is 2.42. The van der Waals surface area contributed by atoms with E-state index in [0.717, 1.165) is 3.57 Å². The Kier molecular flexibility index (Phi) is 2.95. The zero-order valence-electron chi connectivity index (χ0n) is 6.40. The van der Waals surface area contributed by atoms with Crippen molar-refractivity contribution in [2.45, 2.75) is 6.92 Å². The predicted molar refractivity (Wildman–Crippen MR) is 58.6 cm³/mol. The number of halogens is 2. The Morgan fingerprint density at radius 3 is 2.58 bits per heavy atom. The van der Waals surface area contributed by atoms with Crippen molar-refractivity contribution in [1.82, 2.24) is 0 Å². The molecule has 0 aliphatic heterocycles. The number of carbonyl (C=O) groups is 1. The molecule has 0 amide bonds. The molecule has 1 aromatic rings. The molecule has 0 saturated carbocycles. The van der Waals surface area contributed by atoms with Gasteiger partial charge in [-0.1, -0.05) is 11.6 Å². The monoisotopic (exact) mass is 295 g/mol. The zero-order valence-corrected chi connectivity index (χ0v) is 9.31. The summed E-state index contributed by atoms with van der Waals surface area (Å²) in [4.78, 5) is 11.1. The lowest BCUT2D eigenvalue weighted by molar-refractivity contribution is 0.101. The molecule has 0 fully saturated rings. The highest BCUT2D eigenvalue weighted by Crippen LogP contribution is 2.25. The van der Waals surface area contributed by atoms with E-state index < -0.39 is 0 Å². The highest BCUT2D eigenvalue weighted by Gasteiger charge is 2.10. The van der Waals surface area contributed by atoms with Gasteiger partial charge in [0, 0.05) is 14.8 Å². The van der Waals surface area contributed by atoms with E-state index in [4.69, 9.17) is 17.3 Å². The van der Waals surface area contributed by atoms with E-state index in [1.54, 1.807) is 12.1 Å². The summed E-state index contributed by atoms with van der Waals surface area (Å²) in [5.74, 6) is -0.0376. The highest BCUT2D eigenvalue weighted by molar-refractivity contribution is 14.1. The molecule has 0 aliphatic carbocycles. The van der Waals surface area contributed by atoms with Crippen LogP contribution in [0.5, 0.6) is 0 Å². The minimum Gasteiger partial charge on any atom is -0.399 e. The molecule has 0 atom stereocenters. The molecule has 0 spiro atoms. The molecular weight excluding hydrogens is 288 g/mol. The van der Waals surface area contributed by atoms with E-state index in [9.17, 15) is 4.79 Å². The van der Waals surface area contributed by atoms with E-state index in [0.29, 0.717) is 16.3 Å². The first-order chi connectivity index (χ1) is 5.52. The van der Waals surface area contributed by atoms with E-state index in [1.165, 1.54) is 6.92 Å². The lowest BCUT2D eigenvalue weighted by Gasteiger charge is -2.03. The van der Waals surface area contributed by atoms with Crippen LogP contribution in [0.15, 0.2) is 12.1 Å². The van der Waals surface area contributed by atoms with Crippen LogP contribution in [0.4, 0.5) is 5.69 Å². The zero-order chi connectivity index (χ0) is 9.30. The van der Waals surface area contributed by atoms with Gasteiger partial charge >= 0.3 is 0 Å². The molecule has 0 unspecified atom stereocenters. The SMILES string of the molecule is CC(=O)c1c(Cl)cc(N)cc1I. The minimum atomic E-state index is -0.0376. The van der Waals surface area contributed by atoms with Crippen molar-refractivity contribution in [3.05, 3.63) is 26.3 Å². The normalized spacial score (nSPS) is 9.92. The molecule has 4 heteroatoms. The Morgan fingerprint density at radius 2 is 2.17 bits per heavy atom. The average Bonchev–Trinajstić information content (AvgIpc) is 1.82. The lowest BCUT2D eigenvalue weighted by atomic mass is 10.1.